The molecule has 7 nitrogen and oxygen atoms in total. The molecule has 38 heavy (non-hydrogen) atoms. The molecule has 3 N–H and O–H groups in total. The van der Waals surface area contributed by atoms with Gasteiger partial charge in [-0.25, -0.2) is 9.97 Å². The summed E-state index contributed by atoms with van der Waals surface area (Å²) in [5.41, 5.74) is 3.55. The van der Waals surface area contributed by atoms with Gasteiger partial charge in [0.15, 0.2) is 0 Å². The average Bonchev–Trinajstić information content (AvgIpc) is 3.64. The fraction of sp³-hybridized carbons (Fsp3) is 0.296. The topological polar surface area (TPSA) is 85.9 Å². The second kappa shape index (κ2) is 11.8. The van der Waals surface area contributed by atoms with E-state index in [4.69, 9.17) is 16.6 Å². The van der Waals surface area contributed by atoms with Gasteiger partial charge in [0, 0.05) is 22.7 Å². The Labute approximate surface area is 238 Å². The molecule has 11 heteroatoms. The monoisotopic (exact) mass is 626 g/mol. The Morgan fingerprint density at radius 1 is 1.16 bits per heavy atom. The fourth-order valence-electron chi connectivity index (χ4n) is 4.86. The van der Waals surface area contributed by atoms with Crippen LogP contribution in [0.2, 0.25) is 5.02 Å². The van der Waals surface area contributed by atoms with E-state index in [0.717, 1.165) is 41.5 Å². The molecule has 2 amide bonds. The number of nitrogens with one attached hydrogen (secondary N) is 3. The van der Waals surface area contributed by atoms with Gasteiger partial charge in [0.25, 0.3) is 0 Å². The number of anilines is 2. The molecule has 1 atom stereocenters. The number of hydrogen-bond donors (Lipinski definition) is 3. The molecule has 2 aromatic heterocycles. The van der Waals surface area contributed by atoms with Crippen LogP contribution in [0.3, 0.4) is 0 Å². The molecule has 6 rings (SSSR count). The van der Waals surface area contributed by atoms with Gasteiger partial charge in [0.1, 0.15) is 0 Å². The summed E-state index contributed by atoms with van der Waals surface area (Å²) in [6.07, 6.45) is 5.61. The van der Waals surface area contributed by atoms with Crippen LogP contribution < -0.4 is 15.0 Å². The maximum absolute atomic E-state index is 13.0. The minimum atomic E-state index is -0.986. The van der Waals surface area contributed by atoms with E-state index in [1.54, 1.807) is 6.20 Å². The molecule has 0 aliphatic carbocycles. The third kappa shape index (κ3) is 5.81. The second-order valence-electron chi connectivity index (χ2n) is 9.37. The van der Waals surface area contributed by atoms with Gasteiger partial charge >= 0.3 is 149 Å². The third-order valence-electron chi connectivity index (χ3n) is 6.77. The Bertz CT molecular complexity index is 1430. The van der Waals surface area contributed by atoms with E-state index in [0.29, 0.717) is 35.7 Å². The molecule has 0 spiro atoms. The van der Waals surface area contributed by atoms with Crippen LogP contribution in [-0.2, 0) is 0 Å². The molecule has 4 heterocycles. The number of aromatic nitrogens is 3. The van der Waals surface area contributed by atoms with Crippen molar-refractivity contribution in [3.63, 3.8) is 0 Å². The van der Waals surface area contributed by atoms with E-state index in [1.807, 2.05) is 41.4 Å². The number of fused-ring (bicyclic) bond motifs is 1. The SMILES string of the molecule is O=C(Nc1ccc([As]2SCCS2)cc1)N1CCCC(CNc2ncc(Cl)c(-c3c[nH]c4ccccc34)n2)C1. The van der Waals surface area contributed by atoms with Gasteiger partial charge in [0.2, 0.25) is 0 Å². The van der Waals surface area contributed by atoms with E-state index in [1.165, 1.54) is 15.9 Å². The summed E-state index contributed by atoms with van der Waals surface area (Å²) in [6, 6.07) is 16.5. The van der Waals surface area contributed by atoms with E-state index in [-0.39, 0.29) is 6.03 Å². The van der Waals surface area contributed by atoms with Gasteiger partial charge in [-0.3, -0.25) is 0 Å². The number of nitrogens with zero attached hydrogens (tertiary/aromatic N) is 3. The number of hydrogen-bond acceptors (Lipinski definition) is 6. The Hall–Kier alpha value is -2.32. The molecule has 1 unspecified atom stereocenters. The third-order valence-corrected chi connectivity index (χ3v) is 20.8. The van der Waals surface area contributed by atoms with Crippen LogP contribution in [0.25, 0.3) is 22.2 Å². The van der Waals surface area contributed by atoms with Gasteiger partial charge in [-0.2, -0.15) is 0 Å². The summed E-state index contributed by atoms with van der Waals surface area (Å²) in [5.74, 6) is 3.39. The molecular weight excluding hydrogens is 599 g/mol. The predicted octanol–water partition coefficient (Wildman–Crippen LogP) is 5.81. The van der Waals surface area contributed by atoms with Crippen LogP contribution in [0, 0.1) is 5.92 Å². The molecule has 2 aliphatic rings. The van der Waals surface area contributed by atoms with Crippen molar-refractivity contribution < 1.29 is 4.79 Å². The summed E-state index contributed by atoms with van der Waals surface area (Å²) in [6.45, 7) is 2.16. The summed E-state index contributed by atoms with van der Waals surface area (Å²) >= 11 is 5.50. The first kappa shape index (κ1) is 25.9. The molecule has 196 valence electrons. The summed E-state index contributed by atoms with van der Waals surface area (Å²) in [5, 5.41) is 8.06. The van der Waals surface area contributed by atoms with Gasteiger partial charge in [0.05, 0.1) is 16.9 Å². The second-order valence-corrected chi connectivity index (χ2v) is 21.5. The Morgan fingerprint density at radius 3 is 2.82 bits per heavy atom. The molecule has 4 aromatic rings. The molecule has 2 fully saturated rings. The van der Waals surface area contributed by atoms with Crippen LogP contribution in [-0.4, -0.2) is 69.4 Å². The number of amides is 2. The zero-order valence-electron chi connectivity index (χ0n) is 20.7. The normalized spacial score (nSPS) is 18.1. The number of H-pyrrole nitrogens is 1. The molecule has 0 bridgehead atoms. The van der Waals surface area contributed by atoms with Crippen molar-refractivity contribution in [1.29, 1.82) is 0 Å². The number of carbonyl (C=O) groups is 1. The molecule has 2 saturated heterocycles. The molecule has 2 aromatic carbocycles. The molecule has 2 aliphatic heterocycles. The number of urea groups is 1. The number of halogens is 1. The zero-order chi connectivity index (χ0) is 25.9. The van der Waals surface area contributed by atoms with Crippen molar-refractivity contribution in [3.05, 3.63) is 65.9 Å². The van der Waals surface area contributed by atoms with E-state index < -0.39 is 12.3 Å². The van der Waals surface area contributed by atoms with E-state index in [9.17, 15) is 4.79 Å². The first-order valence-electron chi connectivity index (χ1n) is 12.7. The van der Waals surface area contributed by atoms with Crippen molar-refractivity contribution >= 4 is 76.9 Å². The van der Waals surface area contributed by atoms with E-state index >= 15 is 0 Å². The summed E-state index contributed by atoms with van der Waals surface area (Å²) < 4.78 is 1.46. The van der Waals surface area contributed by atoms with Crippen LogP contribution in [0.1, 0.15) is 12.8 Å². The van der Waals surface area contributed by atoms with Gasteiger partial charge in [-0.1, -0.05) is 29.8 Å². The number of benzene rings is 2. The van der Waals surface area contributed by atoms with Crippen LogP contribution in [0.15, 0.2) is 60.9 Å². The zero-order valence-corrected chi connectivity index (χ0v) is 25.0. The number of carbonyl (C=O) groups excluding carboxylic acids is 1. The summed E-state index contributed by atoms with van der Waals surface area (Å²) in [4.78, 5) is 27.3. The quantitative estimate of drug-likeness (QED) is 0.234. The number of piperidine rings is 1. The van der Waals surface area contributed by atoms with Crippen LogP contribution >= 0.6 is 31.6 Å². The standard InChI is InChI=1S/C27H28AsClN6OS2/c29-23-16-32-26(34-25(23)22-15-30-24-6-2-1-5-21(22)24)31-14-18-4-3-11-35(17-18)27(36)33-20-9-7-19(8-10-20)28-37-12-13-38-28/h1-2,5-10,15-16,18,30H,3-4,11-14,17H2,(H,33,36)(H,31,32,34). The Morgan fingerprint density at radius 2 is 1.97 bits per heavy atom. The van der Waals surface area contributed by atoms with Gasteiger partial charge in [-0.05, 0) is 6.07 Å². The first-order chi connectivity index (χ1) is 18.6. The minimum absolute atomic E-state index is 0.0331. The Kier molecular flexibility index (Phi) is 8.07. The van der Waals surface area contributed by atoms with Crippen molar-refractivity contribution in [2.45, 2.75) is 12.8 Å². The summed E-state index contributed by atoms with van der Waals surface area (Å²) in [7, 11) is 4.26. The number of aromatic amines is 1. The van der Waals surface area contributed by atoms with Crippen LogP contribution in [0.5, 0.6) is 0 Å². The predicted molar refractivity (Wildman–Crippen MR) is 163 cm³/mol. The fourth-order valence-corrected chi connectivity index (χ4v) is 19.2. The Balaban J connectivity index is 1.06. The number of likely N-dealkylation sites (tertiary alicyclic amines) is 1. The van der Waals surface area contributed by atoms with Crippen molar-refractivity contribution in [2.24, 2.45) is 5.92 Å². The molecule has 0 saturated carbocycles. The molecule has 0 radical (unpaired) electrons. The first-order valence-corrected chi connectivity index (χ1v) is 20.5. The average molecular weight is 627 g/mol. The van der Waals surface area contributed by atoms with Gasteiger partial charge < -0.3 is 4.98 Å². The number of para-hydroxylation sites is 1. The van der Waals surface area contributed by atoms with Crippen molar-refractivity contribution in [3.8, 4) is 11.3 Å². The van der Waals surface area contributed by atoms with Crippen molar-refractivity contribution in [1.82, 2.24) is 19.9 Å². The maximum atomic E-state index is 13.0. The van der Waals surface area contributed by atoms with Crippen LogP contribution in [0.4, 0.5) is 16.4 Å². The van der Waals surface area contributed by atoms with Gasteiger partial charge in [-0.15, -0.1) is 0 Å². The molecular formula is C27H28AsClN6OS2. The van der Waals surface area contributed by atoms with E-state index in [2.05, 4.69) is 58.8 Å². The van der Waals surface area contributed by atoms with Crippen molar-refractivity contribution in [2.75, 3.05) is 41.8 Å². The number of rotatable bonds is 6.